The van der Waals surface area contributed by atoms with Crippen LogP contribution < -0.4 is 5.32 Å². The molecule has 2 aromatic carbocycles. The van der Waals surface area contributed by atoms with Gasteiger partial charge >= 0.3 is 0 Å². The highest BCUT2D eigenvalue weighted by atomic mass is 35.5. The molecule has 0 saturated carbocycles. The van der Waals surface area contributed by atoms with Crippen LogP contribution in [0, 0.1) is 0 Å². The van der Waals surface area contributed by atoms with Crippen LogP contribution in [0.3, 0.4) is 0 Å². The summed E-state index contributed by atoms with van der Waals surface area (Å²) in [4.78, 5) is 12.4. The molecule has 128 valence electrons. The third kappa shape index (κ3) is 4.09. The Kier molecular flexibility index (Phi) is 5.20. The van der Waals surface area contributed by atoms with E-state index in [1.165, 1.54) is 16.4 Å². The summed E-state index contributed by atoms with van der Waals surface area (Å²) in [7, 11) is 0. The SMILES string of the molecule is C[C@@H](Sc1nnnn1-c1ccc(O)cc1)C(=O)Nc1ccccc1Cl. The van der Waals surface area contributed by atoms with Crippen LogP contribution in [-0.4, -0.2) is 36.5 Å². The van der Waals surface area contributed by atoms with Gasteiger partial charge in [0.25, 0.3) is 0 Å². The number of carbonyl (C=O) groups excluding carboxylic acids is 1. The molecule has 9 heteroatoms. The molecule has 0 bridgehead atoms. The summed E-state index contributed by atoms with van der Waals surface area (Å²) in [5, 5.41) is 24.2. The number of phenols is 1. The van der Waals surface area contributed by atoms with Crippen molar-refractivity contribution in [2.75, 3.05) is 5.32 Å². The van der Waals surface area contributed by atoms with E-state index in [2.05, 4.69) is 20.8 Å². The highest BCUT2D eigenvalue weighted by Gasteiger charge is 2.20. The smallest absolute Gasteiger partial charge is 0.237 e. The minimum absolute atomic E-state index is 0.151. The standard InChI is InChI=1S/C16H14ClN5O2S/c1-10(15(24)18-14-5-3-2-4-13(14)17)25-16-19-20-21-22(16)11-6-8-12(23)9-7-11/h2-10,23H,1H3,(H,18,24)/t10-/m1/s1. The zero-order valence-corrected chi connectivity index (χ0v) is 14.7. The molecule has 1 amide bonds. The second-order valence-corrected chi connectivity index (χ2v) is 6.83. The highest BCUT2D eigenvalue weighted by molar-refractivity contribution is 8.00. The predicted octanol–water partition coefficient (Wildman–Crippen LogP) is 3.14. The van der Waals surface area contributed by atoms with Gasteiger partial charge in [-0.3, -0.25) is 4.79 Å². The maximum absolute atomic E-state index is 12.4. The number of rotatable bonds is 5. The quantitative estimate of drug-likeness (QED) is 0.665. The Morgan fingerprint density at radius 1 is 1.24 bits per heavy atom. The number of aromatic nitrogens is 4. The van der Waals surface area contributed by atoms with Gasteiger partial charge in [0.15, 0.2) is 0 Å². The van der Waals surface area contributed by atoms with Gasteiger partial charge in [-0.2, -0.15) is 4.68 Å². The normalized spacial score (nSPS) is 11.9. The summed E-state index contributed by atoms with van der Waals surface area (Å²) < 4.78 is 1.50. The van der Waals surface area contributed by atoms with Crippen LogP contribution in [0.4, 0.5) is 5.69 Å². The van der Waals surface area contributed by atoms with Gasteiger partial charge in [-0.05, 0) is 53.7 Å². The van der Waals surface area contributed by atoms with E-state index in [0.29, 0.717) is 21.6 Å². The largest absolute Gasteiger partial charge is 0.508 e. The average Bonchev–Trinajstić information content (AvgIpc) is 3.05. The molecule has 0 fully saturated rings. The van der Waals surface area contributed by atoms with Gasteiger partial charge in [-0.15, -0.1) is 5.10 Å². The Hall–Kier alpha value is -2.58. The van der Waals surface area contributed by atoms with E-state index in [1.54, 1.807) is 55.5 Å². The lowest BCUT2D eigenvalue weighted by atomic mass is 10.3. The van der Waals surface area contributed by atoms with Crippen molar-refractivity contribution in [2.24, 2.45) is 0 Å². The van der Waals surface area contributed by atoms with Crippen LogP contribution in [0.15, 0.2) is 53.7 Å². The lowest BCUT2D eigenvalue weighted by Crippen LogP contribution is -2.23. The minimum Gasteiger partial charge on any atom is -0.508 e. The van der Waals surface area contributed by atoms with Gasteiger partial charge < -0.3 is 10.4 Å². The topological polar surface area (TPSA) is 92.9 Å². The van der Waals surface area contributed by atoms with Gasteiger partial charge in [-0.1, -0.05) is 35.5 Å². The molecule has 7 nitrogen and oxygen atoms in total. The van der Waals surface area contributed by atoms with Gasteiger partial charge in [0.05, 0.1) is 21.6 Å². The van der Waals surface area contributed by atoms with Crippen molar-refractivity contribution in [2.45, 2.75) is 17.3 Å². The van der Waals surface area contributed by atoms with E-state index in [9.17, 15) is 9.90 Å². The fourth-order valence-corrected chi connectivity index (χ4v) is 3.01. The molecule has 25 heavy (non-hydrogen) atoms. The van der Waals surface area contributed by atoms with Crippen molar-refractivity contribution in [3.05, 3.63) is 53.6 Å². The second-order valence-electron chi connectivity index (χ2n) is 5.12. The van der Waals surface area contributed by atoms with Crippen LogP contribution >= 0.6 is 23.4 Å². The molecule has 0 aliphatic carbocycles. The van der Waals surface area contributed by atoms with Gasteiger partial charge in [0, 0.05) is 0 Å². The molecule has 0 spiro atoms. The zero-order chi connectivity index (χ0) is 17.8. The average molecular weight is 376 g/mol. The van der Waals surface area contributed by atoms with Crippen molar-refractivity contribution in [1.82, 2.24) is 20.2 Å². The number of phenolic OH excluding ortho intramolecular Hbond substituents is 1. The van der Waals surface area contributed by atoms with Crippen LogP contribution in [0.5, 0.6) is 5.75 Å². The number of hydrogen-bond acceptors (Lipinski definition) is 6. The Balaban J connectivity index is 1.72. The molecule has 0 unspecified atom stereocenters. The molecule has 0 aliphatic rings. The third-order valence-electron chi connectivity index (χ3n) is 3.32. The number of nitrogens with zero attached hydrogens (tertiary/aromatic N) is 4. The second kappa shape index (κ2) is 7.54. The first-order valence-electron chi connectivity index (χ1n) is 7.34. The number of amides is 1. The molecule has 0 radical (unpaired) electrons. The van der Waals surface area contributed by atoms with Crippen molar-refractivity contribution >= 4 is 35.0 Å². The van der Waals surface area contributed by atoms with Crippen molar-refractivity contribution < 1.29 is 9.90 Å². The summed E-state index contributed by atoms with van der Waals surface area (Å²) >= 11 is 7.27. The highest BCUT2D eigenvalue weighted by Crippen LogP contribution is 2.26. The Morgan fingerprint density at radius 2 is 1.96 bits per heavy atom. The lowest BCUT2D eigenvalue weighted by Gasteiger charge is -2.12. The summed E-state index contributed by atoms with van der Waals surface area (Å²) in [6.45, 7) is 1.76. The van der Waals surface area contributed by atoms with Crippen molar-refractivity contribution in [3.8, 4) is 11.4 Å². The summed E-state index contributed by atoms with van der Waals surface area (Å²) in [6.07, 6.45) is 0. The molecule has 2 N–H and O–H groups in total. The molecule has 1 atom stereocenters. The van der Waals surface area contributed by atoms with E-state index >= 15 is 0 Å². The van der Waals surface area contributed by atoms with Gasteiger partial charge in [0.1, 0.15) is 5.75 Å². The van der Waals surface area contributed by atoms with Crippen LogP contribution in [0.25, 0.3) is 5.69 Å². The van der Waals surface area contributed by atoms with Crippen LogP contribution in [0.1, 0.15) is 6.92 Å². The number of benzene rings is 2. The van der Waals surface area contributed by atoms with E-state index in [0.717, 1.165) is 0 Å². The van der Waals surface area contributed by atoms with E-state index < -0.39 is 5.25 Å². The molecular formula is C16H14ClN5O2S. The van der Waals surface area contributed by atoms with Gasteiger partial charge in [-0.25, -0.2) is 0 Å². The molecule has 0 aliphatic heterocycles. The first kappa shape index (κ1) is 17.2. The molecule has 3 rings (SSSR count). The number of anilines is 1. The number of aromatic hydroxyl groups is 1. The number of tetrazole rings is 1. The number of para-hydroxylation sites is 1. The van der Waals surface area contributed by atoms with Crippen molar-refractivity contribution in [1.29, 1.82) is 0 Å². The summed E-state index contributed by atoms with van der Waals surface area (Å²) in [5.74, 6) is -0.0585. The van der Waals surface area contributed by atoms with E-state index in [4.69, 9.17) is 11.6 Å². The number of thioether (sulfide) groups is 1. The predicted molar refractivity (Wildman–Crippen MR) is 96.2 cm³/mol. The van der Waals surface area contributed by atoms with E-state index in [1.807, 2.05) is 0 Å². The molecule has 1 aromatic heterocycles. The fourth-order valence-electron chi connectivity index (χ4n) is 2.02. The monoisotopic (exact) mass is 375 g/mol. The van der Waals surface area contributed by atoms with Crippen LogP contribution in [-0.2, 0) is 4.79 Å². The summed E-state index contributed by atoms with van der Waals surface area (Å²) in [6, 6.07) is 13.5. The molecule has 3 aromatic rings. The van der Waals surface area contributed by atoms with Gasteiger partial charge in [0.2, 0.25) is 11.1 Å². The molecule has 0 saturated heterocycles. The Bertz CT molecular complexity index is 884. The number of nitrogens with one attached hydrogen (secondary N) is 1. The first-order valence-corrected chi connectivity index (χ1v) is 8.60. The maximum Gasteiger partial charge on any atom is 0.237 e. The minimum atomic E-state index is -0.446. The Labute approximate surface area is 153 Å². The fraction of sp³-hybridized carbons (Fsp3) is 0.125. The first-order chi connectivity index (χ1) is 12.0. The number of halogens is 1. The third-order valence-corrected chi connectivity index (χ3v) is 4.68. The molecular weight excluding hydrogens is 362 g/mol. The number of hydrogen-bond donors (Lipinski definition) is 2. The maximum atomic E-state index is 12.4. The summed E-state index contributed by atoms with van der Waals surface area (Å²) in [5.41, 5.74) is 1.24. The molecule has 1 heterocycles. The Morgan fingerprint density at radius 3 is 2.68 bits per heavy atom. The lowest BCUT2D eigenvalue weighted by molar-refractivity contribution is -0.115. The van der Waals surface area contributed by atoms with E-state index in [-0.39, 0.29) is 11.7 Å². The zero-order valence-electron chi connectivity index (χ0n) is 13.1. The number of carbonyl (C=O) groups is 1. The van der Waals surface area contributed by atoms with Crippen molar-refractivity contribution in [3.63, 3.8) is 0 Å². The van der Waals surface area contributed by atoms with Crippen LogP contribution in [0.2, 0.25) is 5.02 Å².